The fraction of sp³-hybridized carbons (Fsp3) is 0.107. The summed E-state index contributed by atoms with van der Waals surface area (Å²) < 4.78 is 16.4. The molecule has 1 aliphatic rings. The Morgan fingerprint density at radius 3 is 2.58 bits per heavy atom. The number of amidine groups is 1. The molecule has 2 aromatic heterocycles. The summed E-state index contributed by atoms with van der Waals surface area (Å²) in [5.74, 6) is 0.827. The van der Waals surface area contributed by atoms with E-state index in [9.17, 15) is 14.7 Å². The number of oxime groups is 1. The Bertz CT molecular complexity index is 1840. The molecule has 3 heterocycles. The number of phenols is 1. The van der Waals surface area contributed by atoms with Gasteiger partial charge in [-0.2, -0.15) is 0 Å². The molecule has 1 unspecified atom stereocenters. The highest BCUT2D eigenvalue weighted by molar-refractivity contribution is 6.00. The zero-order valence-corrected chi connectivity index (χ0v) is 20.3. The minimum atomic E-state index is -1.02. The molecule has 0 fully saturated rings. The van der Waals surface area contributed by atoms with Gasteiger partial charge in [-0.3, -0.25) is 5.43 Å². The molecule has 1 atom stereocenters. The minimum absolute atomic E-state index is 0.0313. The number of benzene rings is 3. The topological polar surface area (TPSA) is 127 Å². The van der Waals surface area contributed by atoms with Gasteiger partial charge >= 0.3 is 11.3 Å². The van der Waals surface area contributed by atoms with Crippen LogP contribution in [0.2, 0.25) is 0 Å². The SMILES string of the molecule is COc1cc2oc(=O)cc(C)c2cc1NN1C(c2ccccc2)=NOC1c1cc2cc(O)ccc2oc1=O. The van der Waals surface area contributed by atoms with Crippen molar-refractivity contribution in [2.45, 2.75) is 13.2 Å². The van der Waals surface area contributed by atoms with E-state index in [4.69, 9.17) is 18.4 Å². The van der Waals surface area contributed by atoms with Gasteiger partial charge in [0.1, 0.15) is 28.2 Å². The van der Waals surface area contributed by atoms with Gasteiger partial charge in [-0.05, 0) is 42.8 Å². The van der Waals surface area contributed by atoms with Crippen LogP contribution in [0.25, 0.3) is 21.9 Å². The van der Waals surface area contributed by atoms with Crippen LogP contribution in [0.15, 0.2) is 96.4 Å². The van der Waals surface area contributed by atoms with Crippen molar-refractivity contribution in [3.63, 3.8) is 0 Å². The molecule has 2 N–H and O–H groups in total. The van der Waals surface area contributed by atoms with Gasteiger partial charge < -0.3 is 23.5 Å². The number of phenolic OH excluding ortho intramolecular Hbond substituents is 1. The smallest absolute Gasteiger partial charge is 0.345 e. The van der Waals surface area contributed by atoms with E-state index in [2.05, 4.69) is 10.6 Å². The van der Waals surface area contributed by atoms with Crippen molar-refractivity contribution >= 4 is 33.5 Å². The van der Waals surface area contributed by atoms with Gasteiger partial charge in [0.15, 0.2) is 5.84 Å². The van der Waals surface area contributed by atoms with Crippen molar-refractivity contribution < 1.29 is 23.5 Å². The molecule has 1 aliphatic heterocycles. The van der Waals surface area contributed by atoms with Gasteiger partial charge in [-0.25, -0.2) is 14.6 Å². The number of methoxy groups -OCH3 is 1. The number of hydrogen-bond acceptors (Lipinski definition) is 10. The molecule has 0 aliphatic carbocycles. The van der Waals surface area contributed by atoms with E-state index in [-0.39, 0.29) is 11.3 Å². The van der Waals surface area contributed by atoms with Crippen molar-refractivity contribution in [3.8, 4) is 11.5 Å². The highest BCUT2D eigenvalue weighted by Gasteiger charge is 2.36. The molecule has 0 radical (unpaired) electrons. The first kappa shape index (κ1) is 23.2. The van der Waals surface area contributed by atoms with Crippen LogP contribution in [0, 0.1) is 6.92 Å². The molecule has 0 saturated carbocycles. The number of rotatable bonds is 5. The van der Waals surface area contributed by atoms with Crippen LogP contribution in [0.5, 0.6) is 11.5 Å². The summed E-state index contributed by atoms with van der Waals surface area (Å²) in [6.45, 7) is 1.81. The van der Waals surface area contributed by atoms with Gasteiger partial charge in [0.05, 0.1) is 12.8 Å². The van der Waals surface area contributed by atoms with Crippen LogP contribution < -0.4 is 21.4 Å². The number of hydrazine groups is 1. The van der Waals surface area contributed by atoms with E-state index in [0.717, 1.165) is 11.1 Å². The van der Waals surface area contributed by atoms with Crippen molar-refractivity contribution in [1.82, 2.24) is 5.01 Å². The van der Waals surface area contributed by atoms with Gasteiger partial charge in [-0.15, -0.1) is 0 Å². The van der Waals surface area contributed by atoms with Gasteiger partial charge in [0.25, 0.3) is 6.23 Å². The number of aromatic hydroxyl groups is 1. The van der Waals surface area contributed by atoms with Gasteiger partial charge in [0, 0.05) is 28.5 Å². The number of ether oxygens (including phenoxy) is 1. The first-order valence-electron chi connectivity index (χ1n) is 11.7. The van der Waals surface area contributed by atoms with E-state index in [1.807, 2.05) is 37.3 Å². The maximum atomic E-state index is 13.0. The molecule has 38 heavy (non-hydrogen) atoms. The second-order valence-corrected chi connectivity index (χ2v) is 8.73. The predicted octanol–water partition coefficient (Wildman–Crippen LogP) is 4.64. The van der Waals surface area contributed by atoms with Crippen LogP contribution in [0.1, 0.15) is 22.9 Å². The molecule has 0 spiro atoms. The summed E-state index contributed by atoms with van der Waals surface area (Å²) in [6.07, 6.45) is -1.02. The van der Waals surface area contributed by atoms with E-state index in [1.54, 1.807) is 23.2 Å². The molecule has 0 amide bonds. The fourth-order valence-electron chi connectivity index (χ4n) is 4.42. The van der Waals surface area contributed by atoms with Gasteiger partial charge in [0.2, 0.25) is 0 Å². The number of anilines is 1. The van der Waals surface area contributed by atoms with Crippen LogP contribution in [-0.2, 0) is 4.84 Å². The molecule has 10 nitrogen and oxygen atoms in total. The normalized spacial score (nSPS) is 14.9. The maximum Gasteiger partial charge on any atom is 0.345 e. The highest BCUT2D eigenvalue weighted by Crippen LogP contribution is 2.36. The summed E-state index contributed by atoms with van der Waals surface area (Å²) in [6, 6.07) is 20.2. The van der Waals surface area contributed by atoms with Crippen LogP contribution in [-0.4, -0.2) is 23.1 Å². The maximum absolute atomic E-state index is 13.0. The lowest BCUT2D eigenvalue weighted by molar-refractivity contribution is 0.0163. The predicted molar refractivity (Wildman–Crippen MR) is 140 cm³/mol. The Balaban J connectivity index is 1.49. The Morgan fingerprint density at radius 1 is 0.974 bits per heavy atom. The number of nitrogens with one attached hydrogen (secondary N) is 1. The van der Waals surface area contributed by atoms with Crippen LogP contribution in [0.3, 0.4) is 0 Å². The average Bonchev–Trinajstić information content (AvgIpc) is 3.32. The molecule has 0 saturated heterocycles. The van der Waals surface area contributed by atoms with Crippen molar-refractivity contribution in [3.05, 3.63) is 110 Å². The second kappa shape index (κ2) is 9.00. The molecule has 190 valence electrons. The Morgan fingerprint density at radius 2 is 1.79 bits per heavy atom. The highest BCUT2D eigenvalue weighted by atomic mass is 16.7. The lowest BCUT2D eigenvalue weighted by atomic mass is 10.1. The summed E-state index contributed by atoms with van der Waals surface area (Å²) >= 11 is 0. The zero-order chi connectivity index (χ0) is 26.4. The Hall–Kier alpha value is -5.25. The quantitative estimate of drug-likeness (QED) is 0.324. The number of fused-ring (bicyclic) bond motifs is 2. The molecule has 10 heteroatoms. The Kier molecular flexibility index (Phi) is 5.49. The fourth-order valence-corrected chi connectivity index (χ4v) is 4.42. The summed E-state index contributed by atoms with van der Waals surface area (Å²) in [5, 5.41) is 17.0. The number of aryl methyl sites for hydroxylation is 1. The third-order valence-electron chi connectivity index (χ3n) is 6.25. The summed E-state index contributed by atoms with van der Waals surface area (Å²) in [4.78, 5) is 30.7. The zero-order valence-electron chi connectivity index (χ0n) is 20.3. The van der Waals surface area contributed by atoms with Gasteiger partial charge in [-0.1, -0.05) is 35.5 Å². The van der Waals surface area contributed by atoms with Crippen molar-refractivity contribution in [2.24, 2.45) is 5.16 Å². The molecule has 5 aromatic rings. The lowest BCUT2D eigenvalue weighted by Crippen LogP contribution is -2.38. The molecular formula is C28H21N3O7. The largest absolute Gasteiger partial charge is 0.508 e. The van der Waals surface area contributed by atoms with Crippen LogP contribution >= 0.6 is 0 Å². The standard InChI is InChI=1S/C28H21N3O7/c1-15-10-25(33)36-23-14-24(35-2)21(13-19(15)23)29-31-26(16-6-4-3-5-7-16)30-38-27(31)20-12-17-11-18(32)8-9-22(17)37-28(20)34/h3-14,27,29,32H,1-2H3. The first-order valence-corrected chi connectivity index (χ1v) is 11.7. The van der Waals surface area contributed by atoms with E-state index in [1.165, 1.54) is 31.4 Å². The Labute approximate surface area is 214 Å². The number of hydrogen-bond donors (Lipinski definition) is 2. The number of nitrogens with zero attached hydrogens (tertiary/aromatic N) is 2. The minimum Gasteiger partial charge on any atom is -0.508 e. The molecule has 3 aromatic carbocycles. The molecule has 6 rings (SSSR count). The van der Waals surface area contributed by atoms with Crippen molar-refractivity contribution in [1.29, 1.82) is 0 Å². The molecule has 0 bridgehead atoms. The third kappa shape index (κ3) is 3.97. The van der Waals surface area contributed by atoms with E-state index >= 15 is 0 Å². The summed E-state index contributed by atoms with van der Waals surface area (Å²) in [5.41, 5.74) is 5.03. The van der Waals surface area contributed by atoms with Crippen molar-refractivity contribution in [2.75, 3.05) is 12.5 Å². The average molecular weight is 511 g/mol. The third-order valence-corrected chi connectivity index (χ3v) is 6.25. The monoisotopic (exact) mass is 511 g/mol. The van der Waals surface area contributed by atoms with E-state index < -0.39 is 17.5 Å². The first-order chi connectivity index (χ1) is 18.4. The van der Waals surface area contributed by atoms with Crippen LogP contribution in [0.4, 0.5) is 5.69 Å². The summed E-state index contributed by atoms with van der Waals surface area (Å²) in [7, 11) is 1.49. The lowest BCUT2D eigenvalue weighted by Gasteiger charge is -2.27. The van der Waals surface area contributed by atoms with E-state index in [0.29, 0.717) is 39.2 Å². The second-order valence-electron chi connectivity index (χ2n) is 8.73. The molecular weight excluding hydrogens is 490 g/mol.